The Bertz CT molecular complexity index is 796. The fourth-order valence-corrected chi connectivity index (χ4v) is 4.39. The Morgan fingerprint density at radius 2 is 1.96 bits per heavy atom. The van der Waals surface area contributed by atoms with Gasteiger partial charge in [-0.15, -0.1) is 11.8 Å². The second-order valence-corrected chi connectivity index (χ2v) is 7.23. The van der Waals surface area contributed by atoms with E-state index in [1.165, 1.54) is 7.11 Å². The number of halogens is 1. The highest BCUT2D eigenvalue weighted by molar-refractivity contribution is 7.99. The molecule has 0 bridgehead atoms. The summed E-state index contributed by atoms with van der Waals surface area (Å²) in [7, 11) is 1.33. The van der Waals surface area contributed by atoms with Gasteiger partial charge < -0.3 is 10.1 Å². The van der Waals surface area contributed by atoms with Crippen LogP contribution in [0.5, 0.6) is 0 Å². The van der Waals surface area contributed by atoms with Crippen LogP contribution in [0.15, 0.2) is 53.4 Å². The van der Waals surface area contributed by atoms with Crippen molar-refractivity contribution in [2.45, 2.75) is 23.3 Å². The molecule has 0 saturated carbocycles. The van der Waals surface area contributed by atoms with Crippen molar-refractivity contribution in [3.63, 3.8) is 0 Å². The quantitative estimate of drug-likeness (QED) is 0.804. The van der Waals surface area contributed by atoms with E-state index < -0.39 is 12.0 Å². The van der Waals surface area contributed by atoms with E-state index in [0.717, 1.165) is 10.5 Å². The number of amides is 1. The van der Waals surface area contributed by atoms with Crippen LogP contribution < -0.4 is 5.32 Å². The minimum absolute atomic E-state index is 0.0352. The minimum atomic E-state index is -0.522. The number of carbonyl (C=O) groups excluding carboxylic acids is 2. The Morgan fingerprint density at radius 3 is 2.72 bits per heavy atom. The van der Waals surface area contributed by atoms with Crippen molar-refractivity contribution in [1.82, 2.24) is 5.32 Å². The van der Waals surface area contributed by atoms with Gasteiger partial charge in [-0.25, -0.2) is 0 Å². The highest BCUT2D eigenvalue weighted by atomic mass is 35.5. The van der Waals surface area contributed by atoms with Crippen LogP contribution in [0.1, 0.15) is 29.5 Å². The summed E-state index contributed by atoms with van der Waals surface area (Å²) in [6, 6.07) is 14.6. The predicted octanol–water partition coefficient (Wildman–Crippen LogP) is 3.95. The summed E-state index contributed by atoms with van der Waals surface area (Å²) in [5.41, 5.74) is 1.74. The number of ether oxygens (including phenoxy) is 1. The molecule has 0 aliphatic carbocycles. The van der Waals surface area contributed by atoms with Gasteiger partial charge >= 0.3 is 5.97 Å². The van der Waals surface area contributed by atoms with Gasteiger partial charge in [-0.05, 0) is 23.3 Å². The molecular formula is C19H18ClNO3S. The lowest BCUT2D eigenvalue weighted by Gasteiger charge is -2.21. The van der Waals surface area contributed by atoms with Crippen molar-refractivity contribution in [1.29, 1.82) is 0 Å². The number of fused-ring (bicyclic) bond motifs is 1. The number of hydrogen-bond acceptors (Lipinski definition) is 4. The van der Waals surface area contributed by atoms with Gasteiger partial charge in [0.25, 0.3) is 0 Å². The summed E-state index contributed by atoms with van der Waals surface area (Å²) in [6.45, 7) is 0. The van der Waals surface area contributed by atoms with Crippen LogP contribution >= 0.6 is 23.4 Å². The Kier molecular flexibility index (Phi) is 5.66. The van der Waals surface area contributed by atoms with Crippen LogP contribution in [0.3, 0.4) is 0 Å². The lowest BCUT2D eigenvalue weighted by Crippen LogP contribution is -2.34. The average Bonchev–Trinajstić information content (AvgIpc) is 3.05. The SMILES string of the molecule is COC(=O)CC(NC(=O)C1CSc2ccccc21)c1ccccc1Cl. The van der Waals surface area contributed by atoms with Crippen LogP contribution in [0.2, 0.25) is 5.02 Å². The Hall–Kier alpha value is -1.98. The van der Waals surface area contributed by atoms with E-state index in [-0.39, 0.29) is 18.2 Å². The molecule has 1 heterocycles. The first-order valence-electron chi connectivity index (χ1n) is 7.93. The largest absolute Gasteiger partial charge is 0.469 e. The first-order chi connectivity index (χ1) is 12.1. The molecular weight excluding hydrogens is 358 g/mol. The van der Waals surface area contributed by atoms with Crippen LogP contribution in [0.4, 0.5) is 0 Å². The van der Waals surface area contributed by atoms with E-state index in [1.54, 1.807) is 17.8 Å². The molecule has 6 heteroatoms. The van der Waals surface area contributed by atoms with Gasteiger partial charge in [-0.2, -0.15) is 0 Å². The molecule has 25 heavy (non-hydrogen) atoms. The molecule has 0 fully saturated rings. The summed E-state index contributed by atoms with van der Waals surface area (Å²) in [5.74, 6) is -0.0416. The number of thioether (sulfide) groups is 1. The van der Waals surface area contributed by atoms with Crippen LogP contribution in [-0.2, 0) is 14.3 Å². The molecule has 0 spiro atoms. The molecule has 130 valence electrons. The lowest BCUT2D eigenvalue weighted by atomic mass is 9.98. The number of methoxy groups -OCH3 is 1. The van der Waals surface area contributed by atoms with Gasteiger partial charge in [0.15, 0.2) is 0 Å². The molecule has 4 nitrogen and oxygen atoms in total. The molecule has 2 aromatic rings. The molecule has 1 N–H and O–H groups in total. The third-order valence-electron chi connectivity index (χ3n) is 4.21. The zero-order valence-corrected chi connectivity index (χ0v) is 15.3. The van der Waals surface area contributed by atoms with E-state index in [0.29, 0.717) is 16.3 Å². The second kappa shape index (κ2) is 7.93. The monoisotopic (exact) mass is 375 g/mol. The van der Waals surface area contributed by atoms with E-state index in [9.17, 15) is 9.59 Å². The number of nitrogens with one attached hydrogen (secondary N) is 1. The molecule has 2 aromatic carbocycles. The van der Waals surface area contributed by atoms with Crippen molar-refractivity contribution in [2.75, 3.05) is 12.9 Å². The van der Waals surface area contributed by atoms with Crippen molar-refractivity contribution in [2.24, 2.45) is 0 Å². The van der Waals surface area contributed by atoms with Gasteiger partial charge in [0, 0.05) is 15.7 Å². The van der Waals surface area contributed by atoms with E-state index in [2.05, 4.69) is 5.32 Å². The normalized spacial score (nSPS) is 16.8. The molecule has 2 unspecified atom stereocenters. The van der Waals surface area contributed by atoms with Crippen molar-refractivity contribution in [3.8, 4) is 0 Å². The number of carbonyl (C=O) groups is 2. The average molecular weight is 376 g/mol. The smallest absolute Gasteiger partial charge is 0.307 e. The van der Waals surface area contributed by atoms with E-state index >= 15 is 0 Å². The van der Waals surface area contributed by atoms with Crippen molar-refractivity contribution >= 4 is 35.2 Å². The number of rotatable bonds is 5. The first-order valence-corrected chi connectivity index (χ1v) is 9.30. The minimum Gasteiger partial charge on any atom is -0.469 e. The molecule has 1 aliphatic rings. The second-order valence-electron chi connectivity index (χ2n) is 5.76. The van der Waals surface area contributed by atoms with Crippen LogP contribution in [-0.4, -0.2) is 24.7 Å². The molecule has 3 rings (SSSR count). The predicted molar refractivity (Wildman–Crippen MR) is 98.9 cm³/mol. The van der Waals surface area contributed by atoms with E-state index in [4.69, 9.17) is 16.3 Å². The molecule has 1 aliphatic heterocycles. The highest BCUT2D eigenvalue weighted by Crippen LogP contribution is 2.39. The van der Waals surface area contributed by atoms with Gasteiger partial charge in [0.1, 0.15) is 0 Å². The van der Waals surface area contributed by atoms with Crippen molar-refractivity contribution in [3.05, 3.63) is 64.7 Å². The summed E-state index contributed by atoms with van der Waals surface area (Å²) >= 11 is 7.93. The Balaban J connectivity index is 1.82. The zero-order valence-electron chi connectivity index (χ0n) is 13.7. The highest BCUT2D eigenvalue weighted by Gasteiger charge is 2.31. The third-order valence-corrected chi connectivity index (χ3v) is 5.74. The Labute approximate surface area is 155 Å². The molecule has 0 radical (unpaired) electrons. The van der Waals surface area contributed by atoms with Crippen LogP contribution in [0, 0.1) is 0 Å². The standard InChI is InChI=1S/C19H18ClNO3S/c1-24-18(22)10-16(13-7-2-4-8-15(13)20)21-19(23)14-11-25-17-9-5-3-6-12(14)17/h2-9,14,16H,10-11H2,1H3,(H,21,23). The maximum absolute atomic E-state index is 12.9. The summed E-state index contributed by atoms with van der Waals surface area (Å²) in [6.07, 6.45) is 0.0352. The summed E-state index contributed by atoms with van der Waals surface area (Å²) < 4.78 is 4.77. The van der Waals surface area contributed by atoms with Gasteiger partial charge in [-0.3, -0.25) is 9.59 Å². The molecule has 0 saturated heterocycles. The fourth-order valence-electron chi connectivity index (χ4n) is 2.90. The maximum Gasteiger partial charge on any atom is 0.307 e. The number of hydrogen-bond donors (Lipinski definition) is 1. The fraction of sp³-hybridized carbons (Fsp3) is 0.263. The van der Waals surface area contributed by atoms with Gasteiger partial charge in [-0.1, -0.05) is 48.0 Å². The van der Waals surface area contributed by atoms with Gasteiger partial charge in [0.05, 0.1) is 25.5 Å². The maximum atomic E-state index is 12.9. The number of benzene rings is 2. The third kappa shape index (κ3) is 3.99. The van der Waals surface area contributed by atoms with Crippen LogP contribution in [0.25, 0.3) is 0 Å². The van der Waals surface area contributed by atoms with Crippen molar-refractivity contribution < 1.29 is 14.3 Å². The topological polar surface area (TPSA) is 55.4 Å². The summed E-state index contributed by atoms with van der Waals surface area (Å²) in [5, 5.41) is 3.50. The van der Waals surface area contributed by atoms with Gasteiger partial charge in [0.2, 0.25) is 5.91 Å². The molecule has 0 aromatic heterocycles. The molecule has 2 atom stereocenters. The molecule has 1 amide bonds. The Morgan fingerprint density at radius 1 is 1.24 bits per heavy atom. The zero-order chi connectivity index (χ0) is 17.8. The van der Waals surface area contributed by atoms with E-state index in [1.807, 2.05) is 42.5 Å². The first kappa shape index (κ1) is 17.8. The number of esters is 1. The summed E-state index contributed by atoms with van der Waals surface area (Å²) in [4.78, 5) is 25.8. The lowest BCUT2D eigenvalue weighted by molar-refractivity contribution is -0.141.